The standard InChI is InChI=1S/C21H24N2O8S/c1-13(31-18-8-6-17(7-9-18)23(2)32(5,27)28)19(24)22-16-11-14(20(25)29-3)10-15(12-16)21(26)30-4/h6-13H,1-5H3,(H,22,24)/t13-/m0/s1. The summed E-state index contributed by atoms with van der Waals surface area (Å²) in [6, 6.07) is 10.2. The third-order valence-corrected chi connectivity index (χ3v) is 5.63. The van der Waals surface area contributed by atoms with Gasteiger partial charge in [-0.25, -0.2) is 18.0 Å². The maximum Gasteiger partial charge on any atom is 0.337 e. The topological polar surface area (TPSA) is 128 Å². The van der Waals surface area contributed by atoms with E-state index in [-0.39, 0.29) is 16.8 Å². The molecule has 1 atom stereocenters. The number of hydrogen-bond donors (Lipinski definition) is 1. The second-order valence-electron chi connectivity index (χ2n) is 6.76. The van der Waals surface area contributed by atoms with Crippen LogP contribution in [-0.4, -0.2) is 59.9 Å². The number of esters is 2. The summed E-state index contributed by atoms with van der Waals surface area (Å²) in [6.07, 6.45) is 0.141. The number of amides is 1. The van der Waals surface area contributed by atoms with Gasteiger partial charge >= 0.3 is 11.9 Å². The molecule has 0 radical (unpaired) electrons. The van der Waals surface area contributed by atoms with Crippen molar-refractivity contribution in [3.05, 3.63) is 53.6 Å². The molecule has 0 spiro atoms. The zero-order valence-electron chi connectivity index (χ0n) is 18.2. The molecule has 0 bridgehead atoms. The first-order valence-electron chi connectivity index (χ1n) is 9.29. The smallest absolute Gasteiger partial charge is 0.337 e. The molecule has 0 saturated carbocycles. The molecular weight excluding hydrogens is 440 g/mol. The Morgan fingerprint density at radius 3 is 1.88 bits per heavy atom. The zero-order chi connectivity index (χ0) is 24.1. The quantitative estimate of drug-likeness (QED) is 0.588. The van der Waals surface area contributed by atoms with E-state index in [1.165, 1.54) is 58.5 Å². The van der Waals surface area contributed by atoms with Crippen molar-refractivity contribution in [1.82, 2.24) is 0 Å². The first kappa shape index (κ1) is 24.7. The van der Waals surface area contributed by atoms with Gasteiger partial charge in [0.25, 0.3) is 5.91 Å². The number of benzene rings is 2. The van der Waals surface area contributed by atoms with E-state index in [0.29, 0.717) is 11.4 Å². The highest BCUT2D eigenvalue weighted by atomic mass is 32.2. The van der Waals surface area contributed by atoms with Gasteiger partial charge in [0.1, 0.15) is 5.75 Å². The summed E-state index contributed by atoms with van der Waals surface area (Å²) in [5.74, 6) is -1.57. The Morgan fingerprint density at radius 2 is 1.44 bits per heavy atom. The summed E-state index contributed by atoms with van der Waals surface area (Å²) < 4.78 is 39.3. The van der Waals surface area contributed by atoms with E-state index in [4.69, 9.17) is 4.74 Å². The van der Waals surface area contributed by atoms with Gasteiger partial charge in [0, 0.05) is 12.7 Å². The highest BCUT2D eigenvalue weighted by Gasteiger charge is 2.19. The summed E-state index contributed by atoms with van der Waals surface area (Å²) in [5.41, 5.74) is 0.737. The van der Waals surface area contributed by atoms with E-state index in [1.807, 2.05) is 0 Å². The Bertz CT molecular complexity index is 1080. The number of rotatable bonds is 8. The third-order valence-electron chi connectivity index (χ3n) is 4.42. The van der Waals surface area contributed by atoms with Gasteiger partial charge in [-0.15, -0.1) is 0 Å². The van der Waals surface area contributed by atoms with Crippen LogP contribution in [0.5, 0.6) is 5.75 Å². The number of carbonyl (C=O) groups excluding carboxylic acids is 3. The van der Waals surface area contributed by atoms with Crippen LogP contribution in [0.25, 0.3) is 0 Å². The van der Waals surface area contributed by atoms with Crippen LogP contribution in [0.4, 0.5) is 11.4 Å². The lowest BCUT2D eigenvalue weighted by atomic mass is 10.1. The average Bonchev–Trinajstić information content (AvgIpc) is 2.76. The Labute approximate surface area is 186 Å². The summed E-state index contributed by atoms with van der Waals surface area (Å²) in [4.78, 5) is 36.3. The number of anilines is 2. The van der Waals surface area contributed by atoms with E-state index in [0.717, 1.165) is 10.6 Å². The van der Waals surface area contributed by atoms with Gasteiger partial charge in [-0.05, 0) is 49.4 Å². The molecule has 0 fully saturated rings. The van der Waals surface area contributed by atoms with Crippen molar-refractivity contribution in [1.29, 1.82) is 0 Å². The van der Waals surface area contributed by atoms with Crippen molar-refractivity contribution in [2.45, 2.75) is 13.0 Å². The Hall–Kier alpha value is -3.60. The minimum atomic E-state index is -3.40. The molecule has 0 saturated heterocycles. The molecule has 2 aromatic rings. The average molecular weight is 464 g/mol. The number of methoxy groups -OCH3 is 2. The molecule has 0 unspecified atom stereocenters. The molecule has 172 valence electrons. The molecule has 1 N–H and O–H groups in total. The van der Waals surface area contributed by atoms with E-state index < -0.39 is 34.0 Å². The van der Waals surface area contributed by atoms with Crippen LogP contribution in [0.1, 0.15) is 27.6 Å². The van der Waals surface area contributed by atoms with Crippen LogP contribution in [0.15, 0.2) is 42.5 Å². The Kier molecular flexibility index (Phi) is 7.82. The summed E-state index contributed by atoms with van der Waals surface area (Å²) in [6.45, 7) is 1.51. The molecule has 2 aromatic carbocycles. The van der Waals surface area contributed by atoms with Crippen LogP contribution in [0, 0.1) is 0 Å². The fourth-order valence-electron chi connectivity index (χ4n) is 2.60. The van der Waals surface area contributed by atoms with Crippen molar-refractivity contribution in [3.63, 3.8) is 0 Å². The van der Waals surface area contributed by atoms with Gasteiger partial charge in [0.15, 0.2) is 6.10 Å². The fourth-order valence-corrected chi connectivity index (χ4v) is 3.10. The molecule has 0 aliphatic heterocycles. The summed E-state index contributed by atoms with van der Waals surface area (Å²) >= 11 is 0. The lowest BCUT2D eigenvalue weighted by molar-refractivity contribution is -0.122. The first-order valence-corrected chi connectivity index (χ1v) is 11.1. The molecule has 0 aliphatic carbocycles. The van der Waals surface area contributed by atoms with Crippen LogP contribution >= 0.6 is 0 Å². The number of carbonyl (C=O) groups is 3. The van der Waals surface area contributed by atoms with Crippen molar-refractivity contribution in [2.24, 2.45) is 0 Å². The number of hydrogen-bond acceptors (Lipinski definition) is 8. The predicted octanol–water partition coefficient (Wildman–Crippen LogP) is 2.06. The highest BCUT2D eigenvalue weighted by molar-refractivity contribution is 7.92. The molecule has 32 heavy (non-hydrogen) atoms. The molecule has 11 heteroatoms. The van der Waals surface area contributed by atoms with Gasteiger partial charge < -0.3 is 19.5 Å². The SMILES string of the molecule is COC(=O)c1cc(NC(=O)[C@H](C)Oc2ccc(N(C)S(C)(=O)=O)cc2)cc(C(=O)OC)c1. The molecule has 0 aromatic heterocycles. The zero-order valence-corrected chi connectivity index (χ0v) is 19.1. The van der Waals surface area contributed by atoms with E-state index in [9.17, 15) is 22.8 Å². The van der Waals surface area contributed by atoms with E-state index in [1.54, 1.807) is 12.1 Å². The lowest BCUT2D eigenvalue weighted by Gasteiger charge is -2.18. The van der Waals surface area contributed by atoms with Gasteiger partial charge in [0.2, 0.25) is 10.0 Å². The van der Waals surface area contributed by atoms with Crippen molar-refractivity contribution < 1.29 is 37.0 Å². The largest absolute Gasteiger partial charge is 0.481 e. The summed E-state index contributed by atoms with van der Waals surface area (Å²) in [7, 11) is 0.412. The molecule has 2 rings (SSSR count). The molecule has 1 amide bonds. The molecule has 10 nitrogen and oxygen atoms in total. The number of nitrogens with zero attached hydrogens (tertiary/aromatic N) is 1. The van der Waals surface area contributed by atoms with Crippen LogP contribution in [0.3, 0.4) is 0 Å². The fraction of sp³-hybridized carbons (Fsp3) is 0.286. The minimum Gasteiger partial charge on any atom is -0.481 e. The van der Waals surface area contributed by atoms with Crippen LogP contribution < -0.4 is 14.4 Å². The monoisotopic (exact) mass is 464 g/mol. The van der Waals surface area contributed by atoms with Gasteiger partial charge in [-0.3, -0.25) is 9.10 Å². The molecule has 0 aliphatic rings. The van der Waals surface area contributed by atoms with Crippen molar-refractivity contribution in [2.75, 3.05) is 37.1 Å². The Morgan fingerprint density at radius 1 is 0.938 bits per heavy atom. The molecular formula is C21H24N2O8S. The highest BCUT2D eigenvalue weighted by Crippen LogP contribution is 2.22. The predicted molar refractivity (Wildman–Crippen MR) is 118 cm³/mol. The van der Waals surface area contributed by atoms with Crippen LogP contribution in [0.2, 0.25) is 0 Å². The number of ether oxygens (including phenoxy) is 3. The first-order chi connectivity index (χ1) is 15.0. The van der Waals surface area contributed by atoms with Crippen molar-refractivity contribution in [3.8, 4) is 5.75 Å². The molecule has 0 heterocycles. The number of nitrogens with one attached hydrogen (secondary N) is 1. The van der Waals surface area contributed by atoms with Gasteiger partial charge in [-0.2, -0.15) is 0 Å². The van der Waals surface area contributed by atoms with Gasteiger partial charge in [-0.1, -0.05) is 0 Å². The lowest BCUT2D eigenvalue weighted by Crippen LogP contribution is -2.30. The maximum absolute atomic E-state index is 12.6. The van der Waals surface area contributed by atoms with Crippen molar-refractivity contribution >= 4 is 39.2 Å². The van der Waals surface area contributed by atoms with Gasteiger partial charge in [0.05, 0.1) is 37.3 Å². The van der Waals surface area contributed by atoms with E-state index in [2.05, 4.69) is 14.8 Å². The second kappa shape index (κ2) is 10.1. The van der Waals surface area contributed by atoms with Crippen LogP contribution in [-0.2, 0) is 24.3 Å². The normalized spacial score (nSPS) is 11.8. The minimum absolute atomic E-state index is 0.0601. The third kappa shape index (κ3) is 6.20. The second-order valence-corrected chi connectivity index (χ2v) is 8.77. The van der Waals surface area contributed by atoms with E-state index >= 15 is 0 Å². The number of sulfonamides is 1. The maximum atomic E-state index is 12.6. The Balaban J connectivity index is 2.15. The summed E-state index contributed by atoms with van der Waals surface area (Å²) in [5, 5.41) is 2.58.